The molecule has 0 spiro atoms. The predicted octanol–water partition coefficient (Wildman–Crippen LogP) is 3.87. The van der Waals surface area contributed by atoms with Crippen molar-refractivity contribution in [2.24, 2.45) is 11.8 Å². The lowest BCUT2D eigenvalue weighted by Gasteiger charge is -2.31. The van der Waals surface area contributed by atoms with Crippen LogP contribution in [0.25, 0.3) is 0 Å². The van der Waals surface area contributed by atoms with Crippen LogP contribution in [0.5, 0.6) is 5.75 Å². The first kappa shape index (κ1) is 22.0. The number of aromatic nitrogens is 1. The Bertz CT molecular complexity index is 991. The largest absolute Gasteiger partial charge is 0.486 e. The third-order valence-corrected chi connectivity index (χ3v) is 5.82. The van der Waals surface area contributed by atoms with E-state index in [2.05, 4.69) is 15.8 Å². The van der Waals surface area contributed by atoms with Crippen molar-refractivity contribution in [3.8, 4) is 5.75 Å². The number of nitrogens with zero attached hydrogens (tertiary/aromatic N) is 1. The summed E-state index contributed by atoms with van der Waals surface area (Å²) in [7, 11) is 0. The average molecular weight is 438 g/mol. The highest BCUT2D eigenvalue weighted by atomic mass is 19.1. The summed E-state index contributed by atoms with van der Waals surface area (Å²) in [6.45, 7) is 2.48. The molecule has 1 aromatic heterocycles. The van der Waals surface area contributed by atoms with Crippen LogP contribution in [-0.2, 0) is 24.4 Å². The molecule has 1 aliphatic heterocycles. The average Bonchev–Trinajstić information content (AvgIpc) is 3.27. The highest BCUT2D eigenvalue weighted by Gasteiger charge is 2.28. The summed E-state index contributed by atoms with van der Waals surface area (Å²) >= 11 is 0. The minimum absolute atomic E-state index is 0.0170. The van der Waals surface area contributed by atoms with Gasteiger partial charge in [0.05, 0.1) is 5.69 Å². The van der Waals surface area contributed by atoms with Gasteiger partial charge in [-0.1, -0.05) is 35.5 Å². The molecule has 1 saturated heterocycles. The number of carbonyl (C=O) groups excluding carboxylic acids is 1. The molecule has 4 rings (SSSR count). The van der Waals surface area contributed by atoms with Crippen molar-refractivity contribution in [1.82, 2.24) is 15.8 Å². The Balaban J connectivity index is 1.27. The van der Waals surface area contributed by atoms with Gasteiger partial charge in [0, 0.05) is 19.0 Å². The van der Waals surface area contributed by atoms with Crippen LogP contribution in [0.3, 0.4) is 0 Å². The van der Waals surface area contributed by atoms with Gasteiger partial charge in [-0.2, -0.15) is 0 Å². The summed E-state index contributed by atoms with van der Waals surface area (Å²) in [5.41, 5.74) is 1.76. The van der Waals surface area contributed by atoms with Gasteiger partial charge >= 0.3 is 0 Å². The molecule has 1 aliphatic rings. The summed E-state index contributed by atoms with van der Waals surface area (Å²) in [5, 5.41) is 10.6. The number of carbonyl (C=O) groups is 1. The van der Waals surface area contributed by atoms with Gasteiger partial charge in [0.2, 0.25) is 5.91 Å². The number of amides is 1. The molecule has 168 valence electrons. The number of hydrogen-bond acceptors (Lipinski definition) is 5. The molecule has 2 atom stereocenters. The van der Waals surface area contributed by atoms with Gasteiger partial charge < -0.3 is 19.9 Å². The number of hydrogen-bond donors (Lipinski definition) is 2. The fraction of sp³-hybridized carbons (Fsp3) is 0.360. The fourth-order valence-corrected chi connectivity index (χ4v) is 4.06. The molecule has 0 bridgehead atoms. The quantitative estimate of drug-likeness (QED) is 0.532. The molecule has 2 N–H and O–H groups in total. The number of halogens is 1. The third-order valence-electron chi connectivity index (χ3n) is 5.82. The lowest BCUT2D eigenvalue weighted by atomic mass is 9.81. The zero-order valence-corrected chi connectivity index (χ0v) is 17.9. The Morgan fingerprint density at radius 1 is 1.16 bits per heavy atom. The first-order valence-electron chi connectivity index (χ1n) is 11.0. The standard InChI is InChI=1S/C25H28FN3O3/c26-21-8-6-18(7-9-21)15-28-25(30)13-19-10-11-27-16-20(19)12-22-14-24(32-29-22)17-31-23-4-2-1-3-5-23/h1-9,14,19-20,27H,10-13,15-17H2,(H,28,30)/t19-,20-/m0/s1. The molecule has 3 aromatic rings. The van der Waals surface area contributed by atoms with Gasteiger partial charge in [0.1, 0.15) is 18.2 Å². The van der Waals surface area contributed by atoms with Gasteiger partial charge in [0.15, 0.2) is 5.76 Å². The van der Waals surface area contributed by atoms with Crippen LogP contribution in [0, 0.1) is 17.7 Å². The zero-order chi connectivity index (χ0) is 22.2. The molecule has 7 heteroatoms. The first-order valence-corrected chi connectivity index (χ1v) is 11.0. The van der Waals surface area contributed by atoms with Crippen molar-refractivity contribution < 1.29 is 18.4 Å². The van der Waals surface area contributed by atoms with Crippen molar-refractivity contribution in [3.63, 3.8) is 0 Å². The first-order chi connectivity index (χ1) is 15.7. The van der Waals surface area contributed by atoms with E-state index in [0.29, 0.717) is 31.3 Å². The number of benzene rings is 2. The van der Waals surface area contributed by atoms with Crippen LogP contribution in [-0.4, -0.2) is 24.2 Å². The van der Waals surface area contributed by atoms with Gasteiger partial charge in [0.25, 0.3) is 0 Å². The van der Waals surface area contributed by atoms with E-state index >= 15 is 0 Å². The molecular weight excluding hydrogens is 409 g/mol. The Hall–Kier alpha value is -3.19. The SMILES string of the molecule is O=C(C[C@@H]1CCNC[C@@H]1Cc1cc(COc2ccccc2)on1)NCc1ccc(F)cc1. The molecule has 0 aliphatic carbocycles. The minimum atomic E-state index is -0.278. The number of ether oxygens (including phenoxy) is 1. The van der Waals surface area contributed by atoms with Crippen LogP contribution in [0.4, 0.5) is 4.39 Å². The fourth-order valence-electron chi connectivity index (χ4n) is 4.06. The lowest BCUT2D eigenvalue weighted by molar-refractivity contribution is -0.122. The number of rotatable bonds is 9. The molecule has 0 unspecified atom stereocenters. The smallest absolute Gasteiger partial charge is 0.220 e. The van der Waals surface area contributed by atoms with E-state index in [9.17, 15) is 9.18 Å². The topological polar surface area (TPSA) is 76.4 Å². The number of nitrogens with one attached hydrogen (secondary N) is 2. The van der Waals surface area contributed by atoms with Crippen molar-refractivity contribution in [2.75, 3.05) is 13.1 Å². The molecular formula is C25H28FN3O3. The van der Waals surface area contributed by atoms with E-state index in [-0.39, 0.29) is 17.6 Å². The zero-order valence-electron chi connectivity index (χ0n) is 17.9. The van der Waals surface area contributed by atoms with E-state index in [1.165, 1.54) is 12.1 Å². The van der Waals surface area contributed by atoms with Crippen LogP contribution in [0.1, 0.15) is 29.9 Å². The van der Waals surface area contributed by atoms with E-state index in [0.717, 1.165) is 42.9 Å². The summed E-state index contributed by atoms with van der Waals surface area (Å²) in [4.78, 5) is 12.5. The number of piperidine rings is 1. The Morgan fingerprint density at radius 2 is 1.97 bits per heavy atom. The van der Waals surface area contributed by atoms with Crippen LogP contribution < -0.4 is 15.4 Å². The van der Waals surface area contributed by atoms with E-state index in [1.807, 2.05) is 36.4 Å². The molecule has 0 radical (unpaired) electrons. The van der Waals surface area contributed by atoms with E-state index in [4.69, 9.17) is 9.26 Å². The molecule has 1 amide bonds. The van der Waals surface area contributed by atoms with Crippen molar-refractivity contribution in [3.05, 3.63) is 83.5 Å². The van der Waals surface area contributed by atoms with Crippen LogP contribution in [0.15, 0.2) is 65.2 Å². The Kier molecular flexibility index (Phi) is 7.51. The predicted molar refractivity (Wildman–Crippen MR) is 118 cm³/mol. The van der Waals surface area contributed by atoms with Gasteiger partial charge in [-0.3, -0.25) is 4.79 Å². The van der Waals surface area contributed by atoms with Gasteiger partial charge in [-0.25, -0.2) is 4.39 Å². The maximum atomic E-state index is 13.0. The maximum absolute atomic E-state index is 13.0. The van der Waals surface area contributed by atoms with Gasteiger partial charge in [-0.05, 0) is 67.6 Å². The molecule has 2 heterocycles. The van der Waals surface area contributed by atoms with E-state index in [1.54, 1.807) is 12.1 Å². The third kappa shape index (κ3) is 6.40. The Morgan fingerprint density at radius 3 is 2.78 bits per heavy atom. The Labute approximate surface area is 187 Å². The van der Waals surface area contributed by atoms with Crippen LogP contribution >= 0.6 is 0 Å². The summed E-state index contributed by atoms with van der Waals surface area (Å²) in [6, 6.07) is 17.7. The van der Waals surface area contributed by atoms with Crippen molar-refractivity contribution >= 4 is 5.91 Å². The van der Waals surface area contributed by atoms with Crippen molar-refractivity contribution in [2.45, 2.75) is 32.4 Å². The van der Waals surface area contributed by atoms with Gasteiger partial charge in [-0.15, -0.1) is 0 Å². The second-order valence-electron chi connectivity index (χ2n) is 8.21. The molecule has 2 aromatic carbocycles. The van der Waals surface area contributed by atoms with Crippen molar-refractivity contribution in [1.29, 1.82) is 0 Å². The summed E-state index contributed by atoms with van der Waals surface area (Å²) in [5.74, 6) is 1.77. The second kappa shape index (κ2) is 10.9. The molecule has 0 saturated carbocycles. The van der Waals surface area contributed by atoms with E-state index < -0.39 is 0 Å². The summed E-state index contributed by atoms with van der Waals surface area (Å²) < 4.78 is 24.2. The minimum Gasteiger partial charge on any atom is -0.486 e. The molecule has 6 nitrogen and oxygen atoms in total. The molecule has 1 fully saturated rings. The number of para-hydroxylation sites is 1. The lowest BCUT2D eigenvalue weighted by Crippen LogP contribution is -2.40. The second-order valence-corrected chi connectivity index (χ2v) is 8.21. The summed E-state index contributed by atoms with van der Waals surface area (Å²) in [6.07, 6.45) is 2.16. The highest BCUT2D eigenvalue weighted by molar-refractivity contribution is 5.76. The highest BCUT2D eigenvalue weighted by Crippen LogP contribution is 2.26. The van der Waals surface area contributed by atoms with Crippen LogP contribution in [0.2, 0.25) is 0 Å². The maximum Gasteiger partial charge on any atom is 0.220 e. The molecule has 32 heavy (non-hydrogen) atoms. The monoisotopic (exact) mass is 437 g/mol. The normalized spacial score (nSPS) is 18.3.